The first kappa shape index (κ1) is 29.5. The Morgan fingerprint density at radius 1 is 0.302 bits per heavy atom. The summed E-state index contributed by atoms with van der Waals surface area (Å²) in [4.78, 5) is 15.4. The van der Waals surface area contributed by atoms with Crippen molar-refractivity contribution in [2.75, 3.05) is 0 Å². The summed E-state index contributed by atoms with van der Waals surface area (Å²) in [6, 6.07) is 64.5. The van der Waals surface area contributed by atoms with Crippen molar-refractivity contribution >= 4 is 64.9 Å². The molecule has 9 aromatic carbocycles. The zero-order chi connectivity index (χ0) is 34.9. The van der Waals surface area contributed by atoms with Crippen molar-refractivity contribution in [3.63, 3.8) is 0 Å². The molecule has 0 N–H and O–H groups in total. The van der Waals surface area contributed by atoms with Gasteiger partial charge in [-0.1, -0.05) is 152 Å². The molecule has 11 rings (SSSR count). The van der Waals surface area contributed by atoms with Crippen LogP contribution in [0, 0.1) is 0 Å². The first-order valence-electron chi connectivity index (χ1n) is 17.9. The average Bonchev–Trinajstić information content (AvgIpc) is 3.58. The predicted molar refractivity (Wildman–Crippen MR) is 220 cm³/mol. The molecule has 4 heteroatoms. The lowest BCUT2D eigenvalue weighted by molar-refractivity contribution is 1.07. The van der Waals surface area contributed by atoms with Crippen LogP contribution in [0.3, 0.4) is 0 Å². The summed E-state index contributed by atoms with van der Waals surface area (Å²) in [6.45, 7) is 0. The van der Waals surface area contributed by atoms with Gasteiger partial charge in [-0.2, -0.15) is 0 Å². The summed E-state index contributed by atoms with van der Waals surface area (Å²) in [7, 11) is 0. The highest BCUT2D eigenvalue weighted by Gasteiger charge is 2.17. The Hall–Kier alpha value is -7.17. The molecule has 2 aromatic heterocycles. The first-order valence-corrected chi connectivity index (χ1v) is 17.9. The number of benzene rings is 9. The molecule has 0 amide bonds. The number of nitrogens with zero attached hydrogens (tertiary/aromatic N) is 4. The first-order chi connectivity index (χ1) is 26.3. The minimum atomic E-state index is 0.630. The van der Waals surface area contributed by atoms with E-state index in [0.717, 1.165) is 27.9 Å². The Balaban J connectivity index is 1.11. The van der Waals surface area contributed by atoms with Gasteiger partial charge < -0.3 is 4.57 Å². The van der Waals surface area contributed by atoms with Crippen LogP contribution in [0.2, 0.25) is 0 Å². The highest BCUT2D eigenvalue weighted by atomic mass is 15.0. The van der Waals surface area contributed by atoms with E-state index in [1.807, 2.05) is 18.2 Å². The van der Waals surface area contributed by atoms with Crippen molar-refractivity contribution in [2.45, 2.75) is 0 Å². The molecule has 11 aromatic rings. The van der Waals surface area contributed by atoms with Gasteiger partial charge in [-0.05, 0) is 73.4 Å². The van der Waals surface area contributed by atoms with Crippen molar-refractivity contribution in [1.82, 2.24) is 19.5 Å². The van der Waals surface area contributed by atoms with Gasteiger partial charge in [0.25, 0.3) is 0 Å². The third kappa shape index (κ3) is 4.73. The molecule has 4 nitrogen and oxygen atoms in total. The third-order valence-corrected chi connectivity index (χ3v) is 10.6. The van der Waals surface area contributed by atoms with Gasteiger partial charge in [0.15, 0.2) is 17.5 Å². The van der Waals surface area contributed by atoms with Gasteiger partial charge in [-0.15, -0.1) is 0 Å². The number of hydrogen-bond acceptors (Lipinski definition) is 3. The van der Waals surface area contributed by atoms with Crippen LogP contribution in [0.1, 0.15) is 0 Å². The fourth-order valence-electron chi connectivity index (χ4n) is 8.11. The third-order valence-electron chi connectivity index (χ3n) is 10.6. The van der Waals surface area contributed by atoms with Crippen molar-refractivity contribution in [2.24, 2.45) is 0 Å². The van der Waals surface area contributed by atoms with Crippen LogP contribution in [0.5, 0.6) is 0 Å². The van der Waals surface area contributed by atoms with E-state index in [1.54, 1.807) is 0 Å². The fraction of sp³-hybridized carbons (Fsp3) is 0. The Morgan fingerprint density at radius 2 is 0.849 bits per heavy atom. The molecular weight excluding hydrogens is 645 g/mol. The summed E-state index contributed by atoms with van der Waals surface area (Å²) in [5.41, 5.74) is 6.20. The zero-order valence-corrected chi connectivity index (χ0v) is 28.6. The quantitative estimate of drug-likeness (QED) is 0.175. The molecule has 0 aliphatic heterocycles. The van der Waals surface area contributed by atoms with Crippen LogP contribution >= 0.6 is 0 Å². The molecule has 53 heavy (non-hydrogen) atoms. The van der Waals surface area contributed by atoms with E-state index in [4.69, 9.17) is 15.0 Å². The maximum Gasteiger partial charge on any atom is 0.164 e. The Bertz CT molecular complexity index is 3230. The van der Waals surface area contributed by atoms with Gasteiger partial charge in [0.2, 0.25) is 0 Å². The van der Waals surface area contributed by atoms with E-state index in [9.17, 15) is 0 Å². The van der Waals surface area contributed by atoms with Gasteiger partial charge in [-0.3, -0.25) is 0 Å². The van der Waals surface area contributed by atoms with E-state index in [2.05, 4.69) is 168 Å². The van der Waals surface area contributed by atoms with Crippen LogP contribution in [0.4, 0.5) is 0 Å². The monoisotopic (exact) mass is 674 g/mol. The molecule has 0 atom stereocenters. The molecule has 246 valence electrons. The second kappa shape index (κ2) is 11.7. The van der Waals surface area contributed by atoms with Crippen LogP contribution in [-0.4, -0.2) is 19.5 Å². The zero-order valence-electron chi connectivity index (χ0n) is 28.6. The molecule has 2 heterocycles. The predicted octanol–water partition coefficient (Wildman–Crippen LogP) is 12.6. The molecule has 0 aliphatic rings. The number of hydrogen-bond donors (Lipinski definition) is 0. The average molecular weight is 675 g/mol. The maximum atomic E-state index is 5.19. The Labute approximate surface area is 305 Å². The van der Waals surface area contributed by atoms with Crippen molar-refractivity contribution < 1.29 is 0 Å². The topological polar surface area (TPSA) is 43.6 Å². The van der Waals surface area contributed by atoms with Crippen LogP contribution in [-0.2, 0) is 0 Å². The normalized spacial score (nSPS) is 11.8. The molecular formula is C49H30N4. The summed E-state index contributed by atoms with van der Waals surface area (Å²) >= 11 is 0. The Kier molecular flexibility index (Phi) is 6.52. The number of aromatic nitrogens is 4. The van der Waals surface area contributed by atoms with E-state index >= 15 is 0 Å². The molecule has 0 saturated heterocycles. The fourth-order valence-corrected chi connectivity index (χ4v) is 8.11. The highest BCUT2D eigenvalue weighted by molar-refractivity contribution is 6.21. The smallest absolute Gasteiger partial charge is 0.164 e. The van der Waals surface area contributed by atoms with Gasteiger partial charge >= 0.3 is 0 Å². The van der Waals surface area contributed by atoms with E-state index in [1.165, 1.54) is 59.4 Å². The summed E-state index contributed by atoms with van der Waals surface area (Å²) in [5.74, 6) is 1.91. The standard InChI is InChI=1S/C49H30N4/c1-2-13-34(14-3-1)47-50-48(52-49(51-47)36-22-21-33-24-26-40-38-17-6-4-11-31(38)23-27-41(40)43(33)30-36)35-15-10-16-37(29-35)53-44-20-9-8-19-42(44)46-39-18-7-5-12-32(39)25-28-45(46)53/h1-30H. The molecule has 0 saturated carbocycles. The van der Waals surface area contributed by atoms with E-state index in [-0.39, 0.29) is 0 Å². The van der Waals surface area contributed by atoms with Crippen molar-refractivity contribution in [1.29, 1.82) is 0 Å². The lowest BCUT2D eigenvalue weighted by Gasteiger charge is -2.12. The number of para-hydroxylation sites is 1. The van der Waals surface area contributed by atoms with Crippen LogP contribution < -0.4 is 0 Å². The number of fused-ring (bicyclic) bond motifs is 10. The lowest BCUT2D eigenvalue weighted by Crippen LogP contribution is -2.01. The second-order valence-electron chi connectivity index (χ2n) is 13.6. The van der Waals surface area contributed by atoms with Crippen molar-refractivity contribution in [3.05, 3.63) is 182 Å². The highest BCUT2D eigenvalue weighted by Crippen LogP contribution is 2.38. The molecule has 0 spiro atoms. The lowest BCUT2D eigenvalue weighted by atomic mass is 9.96. The van der Waals surface area contributed by atoms with Gasteiger partial charge in [0, 0.05) is 33.2 Å². The van der Waals surface area contributed by atoms with Gasteiger partial charge in [0.1, 0.15) is 0 Å². The van der Waals surface area contributed by atoms with Gasteiger partial charge in [-0.25, -0.2) is 15.0 Å². The molecule has 0 unspecified atom stereocenters. The largest absolute Gasteiger partial charge is 0.309 e. The minimum Gasteiger partial charge on any atom is -0.309 e. The maximum absolute atomic E-state index is 5.19. The second-order valence-corrected chi connectivity index (χ2v) is 13.6. The molecule has 0 radical (unpaired) electrons. The summed E-state index contributed by atoms with van der Waals surface area (Å²) < 4.78 is 2.36. The summed E-state index contributed by atoms with van der Waals surface area (Å²) in [5, 5.41) is 12.3. The minimum absolute atomic E-state index is 0.630. The van der Waals surface area contributed by atoms with Gasteiger partial charge in [0.05, 0.1) is 11.0 Å². The SMILES string of the molecule is c1ccc(-c2nc(-c3cccc(-n4c5ccccc5c5c6ccccc6ccc54)c3)nc(-c3ccc4ccc5c6ccccc6ccc5c4c3)n2)cc1. The number of rotatable bonds is 4. The van der Waals surface area contributed by atoms with E-state index < -0.39 is 0 Å². The molecule has 0 bridgehead atoms. The Morgan fingerprint density at radius 3 is 1.64 bits per heavy atom. The van der Waals surface area contributed by atoms with Crippen LogP contribution in [0.15, 0.2) is 182 Å². The van der Waals surface area contributed by atoms with Crippen LogP contribution in [0.25, 0.3) is 105 Å². The summed E-state index contributed by atoms with van der Waals surface area (Å²) in [6.07, 6.45) is 0. The van der Waals surface area contributed by atoms with E-state index in [0.29, 0.717) is 17.5 Å². The van der Waals surface area contributed by atoms with Crippen molar-refractivity contribution in [3.8, 4) is 39.9 Å². The molecule has 0 aliphatic carbocycles. The molecule has 0 fully saturated rings.